The summed E-state index contributed by atoms with van der Waals surface area (Å²) >= 11 is 0. The minimum Gasteiger partial charge on any atom is -0.322 e. The molecule has 3 aromatic rings. The maximum Gasteiger partial charge on any atom is 0.325 e. The van der Waals surface area contributed by atoms with Gasteiger partial charge in [-0.1, -0.05) is 30.3 Å². The Balaban J connectivity index is 1.51. The van der Waals surface area contributed by atoms with E-state index in [1.807, 2.05) is 0 Å². The molecule has 0 bridgehead atoms. The summed E-state index contributed by atoms with van der Waals surface area (Å²) in [5, 5.41) is 16.1. The molecule has 11 heteroatoms. The maximum absolute atomic E-state index is 14.2. The number of aromatic nitrogens is 4. The first-order valence-electron chi connectivity index (χ1n) is 9.34. The van der Waals surface area contributed by atoms with Gasteiger partial charge in [-0.2, -0.15) is 4.68 Å². The predicted molar refractivity (Wildman–Crippen MR) is 107 cm³/mol. The molecule has 1 saturated heterocycles. The number of anilines is 1. The van der Waals surface area contributed by atoms with E-state index >= 15 is 0 Å². The minimum absolute atomic E-state index is 0.129. The van der Waals surface area contributed by atoms with Gasteiger partial charge in [-0.05, 0) is 48.0 Å². The fourth-order valence-corrected chi connectivity index (χ4v) is 3.35. The smallest absolute Gasteiger partial charge is 0.322 e. The van der Waals surface area contributed by atoms with Gasteiger partial charge in [0, 0.05) is 0 Å². The molecule has 1 aliphatic rings. The number of hydrogen-bond donors (Lipinski definition) is 2. The van der Waals surface area contributed by atoms with E-state index in [9.17, 15) is 18.8 Å². The molecule has 4 rings (SSSR count). The molecule has 0 radical (unpaired) electrons. The zero-order valence-corrected chi connectivity index (χ0v) is 16.7. The molecule has 1 fully saturated rings. The first kappa shape index (κ1) is 20.1. The monoisotopic (exact) mass is 423 g/mol. The topological polar surface area (TPSA) is 122 Å². The van der Waals surface area contributed by atoms with Crippen LogP contribution in [0.4, 0.5) is 14.9 Å². The molecule has 0 spiro atoms. The summed E-state index contributed by atoms with van der Waals surface area (Å²) in [5.41, 5.74) is -0.394. The van der Waals surface area contributed by atoms with Crippen molar-refractivity contribution >= 4 is 23.5 Å². The summed E-state index contributed by atoms with van der Waals surface area (Å²) in [4.78, 5) is 38.6. The lowest BCUT2D eigenvalue weighted by atomic mass is 9.92. The van der Waals surface area contributed by atoms with Crippen molar-refractivity contribution in [2.75, 3.05) is 11.9 Å². The number of urea groups is 1. The molecule has 1 unspecified atom stereocenters. The Morgan fingerprint density at radius 3 is 2.61 bits per heavy atom. The second-order valence-corrected chi connectivity index (χ2v) is 7.16. The lowest BCUT2D eigenvalue weighted by Crippen LogP contribution is -2.42. The van der Waals surface area contributed by atoms with Crippen LogP contribution < -0.4 is 10.6 Å². The van der Waals surface area contributed by atoms with E-state index in [1.165, 1.54) is 16.8 Å². The van der Waals surface area contributed by atoms with Crippen molar-refractivity contribution in [1.82, 2.24) is 30.4 Å². The van der Waals surface area contributed by atoms with Gasteiger partial charge in [-0.3, -0.25) is 14.5 Å². The Bertz CT molecular complexity index is 1180. The summed E-state index contributed by atoms with van der Waals surface area (Å²) in [6, 6.07) is 12.0. The Hall–Kier alpha value is -4.15. The minimum atomic E-state index is -1.29. The van der Waals surface area contributed by atoms with Crippen molar-refractivity contribution in [3.05, 3.63) is 65.7 Å². The van der Waals surface area contributed by atoms with Crippen molar-refractivity contribution in [1.29, 1.82) is 0 Å². The Labute approximate surface area is 176 Å². The number of carbonyl (C=O) groups is 3. The summed E-state index contributed by atoms with van der Waals surface area (Å²) < 4.78 is 15.6. The number of halogens is 1. The molecule has 31 heavy (non-hydrogen) atoms. The molecule has 1 aromatic heterocycles. The van der Waals surface area contributed by atoms with Crippen LogP contribution in [0.15, 0.2) is 48.5 Å². The van der Waals surface area contributed by atoms with E-state index in [2.05, 4.69) is 26.2 Å². The molecule has 2 heterocycles. The van der Waals surface area contributed by atoms with E-state index < -0.39 is 35.7 Å². The third-order valence-electron chi connectivity index (χ3n) is 5.02. The molecule has 1 aliphatic heterocycles. The van der Waals surface area contributed by atoms with Crippen LogP contribution in [-0.4, -0.2) is 49.5 Å². The predicted octanol–water partition coefficient (Wildman–Crippen LogP) is 1.52. The third-order valence-corrected chi connectivity index (χ3v) is 5.02. The first-order valence-corrected chi connectivity index (χ1v) is 9.34. The summed E-state index contributed by atoms with van der Waals surface area (Å²) in [7, 11) is 0. The second-order valence-electron chi connectivity index (χ2n) is 7.16. The molecule has 10 nitrogen and oxygen atoms in total. The number of rotatable bonds is 5. The molecule has 0 aliphatic carbocycles. The Morgan fingerprint density at radius 1 is 1.19 bits per heavy atom. The van der Waals surface area contributed by atoms with Crippen molar-refractivity contribution in [2.24, 2.45) is 0 Å². The van der Waals surface area contributed by atoms with E-state index in [-0.39, 0.29) is 5.69 Å². The average Bonchev–Trinajstić information content (AvgIpc) is 3.27. The van der Waals surface area contributed by atoms with Crippen molar-refractivity contribution in [3.63, 3.8) is 0 Å². The van der Waals surface area contributed by atoms with Crippen LogP contribution in [0.25, 0.3) is 5.69 Å². The quantitative estimate of drug-likeness (QED) is 0.600. The average molecular weight is 423 g/mol. The SMILES string of the molecule is Cc1nnnn1-c1ccc(F)c(NC(=O)CN2C(=O)NC(C)(c3ccccc3)C2=O)c1. The van der Waals surface area contributed by atoms with Crippen molar-refractivity contribution in [3.8, 4) is 5.69 Å². The van der Waals surface area contributed by atoms with Crippen LogP contribution in [0.3, 0.4) is 0 Å². The molecule has 0 saturated carbocycles. The maximum atomic E-state index is 14.2. The van der Waals surface area contributed by atoms with Crippen LogP contribution in [-0.2, 0) is 15.1 Å². The zero-order chi connectivity index (χ0) is 22.2. The second kappa shape index (κ2) is 7.59. The van der Waals surface area contributed by atoms with Crippen LogP contribution in [0.2, 0.25) is 0 Å². The first-order chi connectivity index (χ1) is 14.8. The normalized spacial score (nSPS) is 18.2. The van der Waals surface area contributed by atoms with Gasteiger partial charge in [-0.15, -0.1) is 5.10 Å². The van der Waals surface area contributed by atoms with Gasteiger partial charge in [0.05, 0.1) is 11.4 Å². The van der Waals surface area contributed by atoms with Gasteiger partial charge < -0.3 is 10.6 Å². The summed E-state index contributed by atoms with van der Waals surface area (Å²) in [6.07, 6.45) is 0. The number of aryl methyl sites for hydroxylation is 1. The van der Waals surface area contributed by atoms with Gasteiger partial charge in [0.1, 0.15) is 17.9 Å². The fraction of sp³-hybridized carbons (Fsp3) is 0.200. The van der Waals surface area contributed by atoms with Crippen LogP contribution in [0.5, 0.6) is 0 Å². The number of amides is 4. The van der Waals surface area contributed by atoms with E-state index in [0.717, 1.165) is 11.0 Å². The molecule has 2 aromatic carbocycles. The van der Waals surface area contributed by atoms with Gasteiger partial charge in [-0.25, -0.2) is 9.18 Å². The fourth-order valence-electron chi connectivity index (χ4n) is 3.35. The lowest BCUT2D eigenvalue weighted by Gasteiger charge is -2.22. The highest BCUT2D eigenvalue weighted by atomic mass is 19.1. The van der Waals surface area contributed by atoms with Gasteiger partial charge in [0.25, 0.3) is 5.91 Å². The molecule has 2 N–H and O–H groups in total. The Kier molecular flexibility index (Phi) is 4.93. The number of nitrogens with zero attached hydrogens (tertiary/aromatic N) is 5. The summed E-state index contributed by atoms with van der Waals surface area (Å²) in [5.74, 6) is -1.51. The number of imide groups is 1. The number of hydrogen-bond acceptors (Lipinski definition) is 6. The van der Waals surface area contributed by atoms with E-state index in [4.69, 9.17) is 0 Å². The number of tetrazole rings is 1. The molecule has 4 amide bonds. The number of benzene rings is 2. The highest BCUT2D eigenvalue weighted by molar-refractivity contribution is 6.10. The molecule has 158 valence electrons. The van der Waals surface area contributed by atoms with Crippen LogP contribution in [0, 0.1) is 12.7 Å². The molecular weight excluding hydrogens is 405 g/mol. The number of nitrogens with one attached hydrogen (secondary N) is 2. The van der Waals surface area contributed by atoms with Crippen molar-refractivity contribution < 1.29 is 18.8 Å². The van der Waals surface area contributed by atoms with Crippen LogP contribution in [0.1, 0.15) is 18.3 Å². The highest BCUT2D eigenvalue weighted by Crippen LogP contribution is 2.28. The van der Waals surface area contributed by atoms with E-state index in [0.29, 0.717) is 17.1 Å². The number of carbonyl (C=O) groups excluding carboxylic acids is 3. The Morgan fingerprint density at radius 2 is 1.94 bits per heavy atom. The van der Waals surface area contributed by atoms with Gasteiger partial charge in [0.2, 0.25) is 5.91 Å². The third kappa shape index (κ3) is 3.61. The molecular formula is C20H18FN7O3. The van der Waals surface area contributed by atoms with Gasteiger partial charge >= 0.3 is 6.03 Å². The van der Waals surface area contributed by atoms with Gasteiger partial charge in [0.15, 0.2) is 5.82 Å². The molecule has 1 atom stereocenters. The zero-order valence-electron chi connectivity index (χ0n) is 16.7. The van der Waals surface area contributed by atoms with Crippen molar-refractivity contribution in [2.45, 2.75) is 19.4 Å². The standard InChI is InChI=1S/C20H18FN7O3/c1-12-24-25-26-28(12)14-8-9-15(21)16(10-14)22-17(29)11-27-18(30)20(2,23-19(27)31)13-6-4-3-5-7-13/h3-10H,11H2,1-2H3,(H,22,29)(H,23,31). The highest BCUT2D eigenvalue weighted by Gasteiger charge is 2.49. The van der Waals surface area contributed by atoms with Crippen LogP contribution >= 0.6 is 0 Å². The lowest BCUT2D eigenvalue weighted by molar-refractivity contribution is -0.133. The van der Waals surface area contributed by atoms with E-state index in [1.54, 1.807) is 44.2 Å². The summed E-state index contributed by atoms with van der Waals surface area (Å²) in [6.45, 7) is 2.67. The largest absolute Gasteiger partial charge is 0.325 e.